The van der Waals surface area contributed by atoms with Crippen molar-refractivity contribution >= 4 is 33.5 Å². The third-order valence-electron chi connectivity index (χ3n) is 3.09. The van der Waals surface area contributed by atoms with Gasteiger partial charge in [0, 0.05) is 17.4 Å². The summed E-state index contributed by atoms with van der Waals surface area (Å²) in [5, 5.41) is 0. The molecule has 1 aromatic carbocycles. The Kier molecular flexibility index (Phi) is 4.14. The quantitative estimate of drug-likeness (QED) is 0.618. The lowest BCUT2D eigenvalue weighted by Crippen LogP contribution is -2.30. The summed E-state index contributed by atoms with van der Waals surface area (Å²) < 4.78 is 0.783. The molecule has 0 fully saturated rings. The first-order valence-corrected chi connectivity index (χ1v) is 6.95. The number of carbonyl (C=O) groups excluding carboxylic acids is 3. The number of Topliss-reactive ketones (excluding diaryl/α,β-unsaturated/α-hetero) is 1. The average Bonchev–Trinajstić information content (AvgIpc) is 2.58. The Morgan fingerprint density at radius 3 is 2.53 bits per heavy atom. The second-order valence-electron chi connectivity index (χ2n) is 4.61. The largest absolute Gasteiger partial charge is 0.300 e. The molecule has 0 atom stereocenters. The molecule has 1 heterocycles. The van der Waals surface area contributed by atoms with Crippen LogP contribution in [-0.2, 0) is 4.79 Å². The number of fused-ring (bicyclic) bond motifs is 1. The van der Waals surface area contributed by atoms with E-state index < -0.39 is 0 Å². The first-order valence-electron chi connectivity index (χ1n) is 6.16. The van der Waals surface area contributed by atoms with Crippen LogP contribution in [-0.4, -0.2) is 29.0 Å². The molecule has 1 aliphatic rings. The minimum atomic E-state index is -0.246. The van der Waals surface area contributed by atoms with Crippen LogP contribution in [0.4, 0.5) is 0 Å². The van der Waals surface area contributed by atoms with Crippen LogP contribution >= 0.6 is 15.9 Å². The molecule has 4 nitrogen and oxygen atoms in total. The number of carbonyl (C=O) groups is 3. The molecule has 0 spiro atoms. The lowest BCUT2D eigenvalue weighted by Gasteiger charge is -2.12. The molecule has 0 saturated carbocycles. The maximum atomic E-state index is 12.1. The van der Waals surface area contributed by atoms with E-state index in [2.05, 4.69) is 15.9 Å². The van der Waals surface area contributed by atoms with E-state index >= 15 is 0 Å². The molecule has 0 aliphatic carbocycles. The summed E-state index contributed by atoms with van der Waals surface area (Å²) in [6.07, 6.45) is 1.85. The number of amides is 2. The highest BCUT2D eigenvalue weighted by molar-refractivity contribution is 9.10. The fourth-order valence-electron chi connectivity index (χ4n) is 2.11. The minimum absolute atomic E-state index is 0.131. The molecule has 1 aromatic rings. The highest BCUT2D eigenvalue weighted by Gasteiger charge is 2.34. The number of unbranched alkanes of at least 4 members (excludes halogenated alkanes) is 1. The van der Waals surface area contributed by atoms with Crippen LogP contribution in [0.1, 0.15) is 46.9 Å². The molecule has 0 radical (unpaired) electrons. The van der Waals surface area contributed by atoms with Gasteiger partial charge >= 0.3 is 0 Å². The number of halogens is 1. The van der Waals surface area contributed by atoms with Gasteiger partial charge in [0.1, 0.15) is 5.78 Å². The van der Waals surface area contributed by atoms with Crippen LogP contribution < -0.4 is 0 Å². The standard InChI is InChI=1S/C14H14BrNO3/c1-9(17)4-2-3-7-16-13(18)11-6-5-10(15)8-12(11)14(16)19/h5-6,8H,2-4,7H2,1H3. The minimum Gasteiger partial charge on any atom is -0.300 e. The number of rotatable bonds is 5. The van der Waals surface area contributed by atoms with Crippen LogP contribution in [0.2, 0.25) is 0 Å². The second-order valence-corrected chi connectivity index (χ2v) is 5.53. The summed E-state index contributed by atoms with van der Waals surface area (Å²) in [5.74, 6) is -0.356. The van der Waals surface area contributed by atoms with Crippen LogP contribution in [0, 0.1) is 0 Å². The number of benzene rings is 1. The normalized spacial score (nSPS) is 13.9. The van der Waals surface area contributed by atoms with Gasteiger partial charge in [-0.05, 0) is 38.0 Å². The van der Waals surface area contributed by atoms with E-state index in [4.69, 9.17) is 0 Å². The smallest absolute Gasteiger partial charge is 0.261 e. The van der Waals surface area contributed by atoms with Crippen LogP contribution in [0.5, 0.6) is 0 Å². The molecule has 2 amide bonds. The maximum Gasteiger partial charge on any atom is 0.261 e. The molecule has 0 unspecified atom stereocenters. The first kappa shape index (κ1) is 13.9. The zero-order chi connectivity index (χ0) is 14.0. The van der Waals surface area contributed by atoms with Crippen molar-refractivity contribution in [2.24, 2.45) is 0 Å². The van der Waals surface area contributed by atoms with E-state index in [1.54, 1.807) is 25.1 Å². The van der Waals surface area contributed by atoms with Crippen LogP contribution in [0.25, 0.3) is 0 Å². The molecule has 1 aliphatic heterocycles. The highest BCUT2D eigenvalue weighted by atomic mass is 79.9. The summed E-state index contributed by atoms with van der Waals surface area (Å²) in [7, 11) is 0. The molecule has 5 heteroatoms. The monoisotopic (exact) mass is 323 g/mol. The van der Waals surface area contributed by atoms with Gasteiger partial charge in [-0.15, -0.1) is 0 Å². The second kappa shape index (κ2) is 5.65. The molecule has 19 heavy (non-hydrogen) atoms. The van der Waals surface area contributed by atoms with E-state index in [1.807, 2.05) is 0 Å². The van der Waals surface area contributed by atoms with Gasteiger partial charge in [-0.2, -0.15) is 0 Å². The fraction of sp³-hybridized carbons (Fsp3) is 0.357. The van der Waals surface area contributed by atoms with E-state index in [0.717, 1.165) is 4.47 Å². The van der Waals surface area contributed by atoms with Gasteiger partial charge in [0.05, 0.1) is 11.1 Å². The van der Waals surface area contributed by atoms with Crippen molar-refractivity contribution in [2.75, 3.05) is 6.54 Å². The summed E-state index contributed by atoms with van der Waals surface area (Å²) in [4.78, 5) is 36.3. The molecular weight excluding hydrogens is 310 g/mol. The Bertz CT molecular complexity index is 554. The zero-order valence-electron chi connectivity index (χ0n) is 10.6. The lowest BCUT2D eigenvalue weighted by atomic mass is 10.1. The number of ketones is 1. The van der Waals surface area contributed by atoms with E-state index in [9.17, 15) is 14.4 Å². The van der Waals surface area contributed by atoms with Gasteiger partial charge < -0.3 is 4.79 Å². The van der Waals surface area contributed by atoms with E-state index in [-0.39, 0.29) is 17.6 Å². The molecule has 0 saturated heterocycles. The van der Waals surface area contributed by atoms with Gasteiger partial charge in [-0.25, -0.2) is 0 Å². The highest BCUT2D eigenvalue weighted by Crippen LogP contribution is 2.26. The molecule has 0 bridgehead atoms. The van der Waals surface area contributed by atoms with E-state index in [1.165, 1.54) is 4.90 Å². The molecule has 100 valence electrons. The molecule has 0 N–H and O–H groups in total. The summed E-state index contributed by atoms with van der Waals surface area (Å²) in [6, 6.07) is 5.09. The Labute approximate surface area is 119 Å². The fourth-order valence-corrected chi connectivity index (χ4v) is 2.47. The predicted octanol–water partition coefficient (Wildman–Crippen LogP) is 2.80. The predicted molar refractivity (Wildman–Crippen MR) is 74.0 cm³/mol. The van der Waals surface area contributed by atoms with Gasteiger partial charge in [-0.3, -0.25) is 14.5 Å². The van der Waals surface area contributed by atoms with E-state index in [0.29, 0.717) is 36.9 Å². The van der Waals surface area contributed by atoms with Crippen molar-refractivity contribution in [2.45, 2.75) is 26.2 Å². The Morgan fingerprint density at radius 2 is 1.84 bits per heavy atom. The average molecular weight is 324 g/mol. The number of nitrogens with zero attached hydrogens (tertiary/aromatic N) is 1. The van der Waals surface area contributed by atoms with Gasteiger partial charge in [0.2, 0.25) is 0 Å². The summed E-state index contributed by atoms with van der Waals surface area (Å²) >= 11 is 3.29. The summed E-state index contributed by atoms with van der Waals surface area (Å²) in [5.41, 5.74) is 0.908. The molecular formula is C14H14BrNO3. The van der Waals surface area contributed by atoms with Crippen molar-refractivity contribution in [1.29, 1.82) is 0 Å². The number of hydrogen-bond donors (Lipinski definition) is 0. The first-order chi connectivity index (χ1) is 9.00. The van der Waals surface area contributed by atoms with Crippen molar-refractivity contribution in [3.63, 3.8) is 0 Å². The van der Waals surface area contributed by atoms with Crippen molar-refractivity contribution < 1.29 is 14.4 Å². The number of hydrogen-bond acceptors (Lipinski definition) is 3. The Hall–Kier alpha value is -1.49. The van der Waals surface area contributed by atoms with Gasteiger partial charge in [0.25, 0.3) is 11.8 Å². The third-order valence-corrected chi connectivity index (χ3v) is 3.59. The van der Waals surface area contributed by atoms with Crippen molar-refractivity contribution in [3.8, 4) is 0 Å². The van der Waals surface area contributed by atoms with Crippen LogP contribution in [0.3, 0.4) is 0 Å². The van der Waals surface area contributed by atoms with Crippen molar-refractivity contribution in [1.82, 2.24) is 4.90 Å². The Balaban J connectivity index is 2.04. The summed E-state index contributed by atoms with van der Waals surface area (Å²) in [6.45, 7) is 1.91. The topological polar surface area (TPSA) is 54.5 Å². The lowest BCUT2D eigenvalue weighted by molar-refractivity contribution is -0.117. The van der Waals surface area contributed by atoms with Crippen molar-refractivity contribution in [3.05, 3.63) is 33.8 Å². The number of imide groups is 1. The molecule has 0 aromatic heterocycles. The van der Waals surface area contributed by atoms with Crippen LogP contribution in [0.15, 0.2) is 22.7 Å². The maximum absolute atomic E-state index is 12.1. The molecule has 2 rings (SSSR count). The SMILES string of the molecule is CC(=O)CCCCN1C(=O)c2ccc(Br)cc2C1=O. The van der Waals surface area contributed by atoms with Gasteiger partial charge in [-0.1, -0.05) is 15.9 Å². The zero-order valence-corrected chi connectivity index (χ0v) is 12.2. The third kappa shape index (κ3) is 2.92. The van der Waals surface area contributed by atoms with Gasteiger partial charge in [0.15, 0.2) is 0 Å². The Morgan fingerprint density at radius 1 is 1.16 bits per heavy atom.